The number of aryl methyl sites for hydroxylation is 1. The number of benzene rings is 1. The maximum absolute atomic E-state index is 12.3. The predicted molar refractivity (Wildman–Crippen MR) is 84.5 cm³/mol. The van der Waals surface area contributed by atoms with E-state index in [4.69, 9.17) is 4.52 Å². The number of carbonyl (C=O) groups excluding carboxylic acids is 2. The minimum Gasteiger partial charge on any atom is -0.338 e. The van der Waals surface area contributed by atoms with Crippen LogP contribution in [0.15, 0.2) is 40.9 Å². The SMILES string of the molecule is Cc1cc(NC(=O)C2CC(=O)N(C(C)c3ccccc3)C2)on1. The van der Waals surface area contributed by atoms with Crippen molar-refractivity contribution in [2.45, 2.75) is 26.3 Å². The van der Waals surface area contributed by atoms with E-state index in [1.807, 2.05) is 37.3 Å². The molecule has 2 unspecified atom stereocenters. The highest BCUT2D eigenvalue weighted by atomic mass is 16.5. The third kappa shape index (κ3) is 3.26. The highest BCUT2D eigenvalue weighted by molar-refractivity contribution is 5.96. The number of hydrogen-bond donors (Lipinski definition) is 1. The average Bonchev–Trinajstić information content (AvgIpc) is 3.13. The monoisotopic (exact) mass is 313 g/mol. The zero-order valence-electron chi connectivity index (χ0n) is 13.2. The van der Waals surface area contributed by atoms with Crippen LogP contribution in [0.2, 0.25) is 0 Å². The van der Waals surface area contributed by atoms with E-state index in [0.29, 0.717) is 18.1 Å². The van der Waals surface area contributed by atoms with Crippen molar-refractivity contribution in [3.8, 4) is 0 Å². The molecule has 2 aromatic rings. The Morgan fingerprint density at radius 3 is 2.78 bits per heavy atom. The van der Waals surface area contributed by atoms with E-state index in [2.05, 4.69) is 10.5 Å². The van der Waals surface area contributed by atoms with Crippen molar-refractivity contribution in [3.63, 3.8) is 0 Å². The summed E-state index contributed by atoms with van der Waals surface area (Å²) in [5.41, 5.74) is 1.76. The molecule has 120 valence electrons. The van der Waals surface area contributed by atoms with Gasteiger partial charge in [-0.3, -0.25) is 14.9 Å². The molecule has 0 bridgehead atoms. The molecule has 2 amide bonds. The lowest BCUT2D eigenvalue weighted by molar-refractivity contribution is -0.129. The lowest BCUT2D eigenvalue weighted by Gasteiger charge is -2.25. The Kier molecular flexibility index (Phi) is 4.14. The van der Waals surface area contributed by atoms with Crippen LogP contribution in [0.5, 0.6) is 0 Å². The quantitative estimate of drug-likeness (QED) is 0.941. The molecule has 0 radical (unpaired) electrons. The number of rotatable bonds is 4. The zero-order valence-corrected chi connectivity index (χ0v) is 13.2. The molecule has 1 aromatic carbocycles. The van der Waals surface area contributed by atoms with Crippen LogP contribution in [0.1, 0.15) is 30.6 Å². The molecule has 6 nitrogen and oxygen atoms in total. The fraction of sp³-hybridized carbons (Fsp3) is 0.353. The Bertz CT molecular complexity index is 711. The van der Waals surface area contributed by atoms with E-state index in [1.54, 1.807) is 17.9 Å². The van der Waals surface area contributed by atoms with Crippen LogP contribution in [0.25, 0.3) is 0 Å². The standard InChI is InChI=1S/C17H19N3O3/c1-11-8-15(23-19-11)18-17(22)14-9-16(21)20(10-14)12(2)13-6-4-3-5-7-13/h3-8,12,14H,9-10H2,1-2H3,(H,18,22). The number of aromatic nitrogens is 1. The number of anilines is 1. The summed E-state index contributed by atoms with van der Waals surface area (Å²) in [5, 5.41) is 6.40. The lowest BCUT2D eigenvalue weighted by Crippen LogP contribution is -2.30. The summed E-state index contributed by atoms with van der Waals surface area (Å²) in [5.74, 6) is -0.277. The molecule has 0 saturated carbocycles. The van der Waals surface area contributed by atoms with Crippen LogP contribution in [0.3, 0.4) is 0 Å². The molecular formula is C17H19N3O3. The van der Waals surface area contributed by atoms with Crippen LogP contribution in [-0.4, -0.2) is 28.4 Å². The first kappa shape index (κ1) is 15.3. The van der Waals surface area contributed by atoms with Gasteiger partial charge in [-0.2, -0.15) is 0 Å². The number of amides is 2. The summed E-state index contributed by atoms with van der Waals surface area (Å²) in [6.07, 6.45) is 0.218. The smallest absolute Gasteiger partial charge is 0.232 e. The van der Waals surface area contributed by atoms with Crippen LogP contribution in [-0.2, 0) is 9.59 Å². The minimum absolute atomic E-state index is 0.00439. The highest BCUT2D eigenvalue weighted by Crippen LogP contribution is 2.29. The number of nitrogens with one attached hydrogen (secondary N) is 1. The Morgan fingerprint density at radius 1 is 1.39 bits per heavy atom. The summed E-state index contributed by atoms with van der Waals surface area (Å²) in [6.45, 7) is 4.17. The maximum Gasteiger partial charge on any atom is 0.232 e. The summed E-state index contributed by atoms with van der Waals surface area (Å²) in [7, 11) is 0. The first-order chi connectivity index (χ1) is 11.0. The number of likely N-dealkylation sites (tertiary alicyclic amines) is 1. The van der Waals surface area contributed by atoms with Crippen molar-refractivity contribution >= 4 is 17.7 Å². The van der Waals surface area contributed by atoms with Crippen molar-refractivity contribution < 1.29 is 14.1 Å². The number of carbonyl (C=O) groups is 2. The summed E-state index contributed by atoms with van der Waals surface area (Å²) < 4.78 is 4.98. The zero-order chi connectivity index (χ0) is 16.4. The van der Waals surface area contributed by atoms with Crippen LogP contribution >= 0.6 is 0 Å². The molecule has 1 saturated heterocycles. The van der Waals surface area contributed by atoms with Gasteiger partial charge in [0.2, 0.25) is 17.7 Å². The van der Waals surface area contributed by atoms with Crippen molar-refractivity contribution in [1.82, 2.24) is 10.1 Å². The largest absolute Gasteiger partial charge is 0.338 e. The van der Waals surface area contributed by atoms with E-state index < -0.39 is 0 Å². The van der Waals surface area contributed by atoms with E-state index >= 15 is 0 Å². The molecule has 23 heavy (non-hydrogen) atoms. The van der Waals surface area contributed by atoms with Crippen LogP contribution < -0.4 is 5.32 Å². The van der Waals surface area contributed by atoms with Gasteiger partial charge in [0.1, 0.15) is 0 Å². The van der Waals surface area contributed by atoms with Crippen molar-refractivity contribution in [1.29, 1.82) is 0 Å². The topological polar surface area (TPSA) is 75.4 Å². The molecule has 2 heterocycles. The number of hydrogen-bond acceptors (Lipinski definition) is 4. The third-order valence-electron chi connectivity index (χ3n) is 4.15. The Balaban J connectivity index is 1.66. The van der Waals surface area contributed by atoms with Gasteiger partial charge in [-0.05, 0) is 19.4 Å². The Morgan fingerprint density at radius 2 is 2.13 bits per heavy atom. The number of nitrogens with zero attached hydrogens (tertiary/aromatic N) is 2. The fourth-order valence-corrected chi connectivity index (χ4v) is 2.84. The van der Waals surface area contributed by atoms with E-state index in [9.17, 15) is 9.59 Å². The molecule has 1 aliphatic rings. The van der Waals surface area contributed by atoms with Gasteiger partial charge in [0, 0.05) is 19.0 Å². The highest BCUT2D eigenvalue weighted by Gasteiger charge is 2.37. The summed E-state index contributed by atoms with van der Waals surface area (Å²) in [6, 6.07) is 11.4. The molecule has 3 rings (SSSR count). The second kappa shape index (κ2) is 6.24. The normalized spacial score (nSPS) is 19.0. The predicted octanol–water partition coefficient (Wildman–Crippen LogP) is 2.53. The molecule has 1 aromatic heterocycles. The molecular weight excluding hydrogens is 294 g/mol. The van der Waals surface area contributed by atoms with Crippen LogP contribution in [0.4, 0.5) is 5.88 Å². The molecule has 6 heteroatoms. The van der Waals surface area contributed by atoms with Gasteiger partial charge in [0.25, 0.3) is 0 Å². The molecule has 2 atom stereocenters. The third-order valence-corrected chi connectivity index (χ3v) is 4.15. The minimum atomic E-state index is -0.376. The van der Waals surface area contributed by atoms with Gasteiger partial charge in [-0.15, -0.1) is 0 Å². The van der Waals surface area contributed by atoms with Crippen LogP contribution in [0, 0.1) is 12.8 Å². The van der Waals surface area contributed by atoms with Crippen molar-refractivity contribution in [2.24, 2.45) is 5.92 Å². The maximum atomic E-state index is 12.3. The second-order valence-corrected chi connectivity index (χ2v) is 5.86. The van der Waals surface area contributed by atoms with Crippen molar-refractivity contribution in [2.75, 3.05) is 11.9 Å². The first-order valence-corrected chi connectivity index (χ1v) is 7.63. The molecule has 1 N–H and O–H groups in total. The average molecular weight is 313 g/mol. The van der Waals surface area contributed by atoms with Crippen molar-refractivity contribution in [3.05, 3.63) is 47.7 Å². The summed E-state index contributed by atoms with van der Waals surface area (Å²) >= 11 is 0. The Hall–Kier alpha value is -2.63. The fourth-order valence-electron chi connectivity index (χ4n) is 2.84. The summed E-state index contributed by atoms with van der Waals surface area (Å²) in [4.78, 5) is 26.3. The lowest BCUT2D eigenvalue weighted by atomic mass is 10.1. The molecule has 0 spiro atoms. The van der Waals surface area contributed by atoms with Gasteiger partial charge >= 0.3 is 0 Å². The Labute approximate surface area is 134 Å². The van der Waals surface area contributed by atoms with Gasteiger partial charge in [0.15, 0.2) is 0 Å². The first-order valence-electron chi connectivity index (χ1n) is 7.63. The van der Waals surface area contributed by atoms with E-state index in [0.717, 1.165) is 5.56 Å². The molecule has 1 fully saturated rings. The van der Waals surface area contributed by atoms with Gasteiger partial charge in [-0.25, -0.2) is 0 Å². The molecule has 1 aliphatic heterocycles. The second-order valence-electron chi connectivity index (χ2n) is 5.86. The van der Waals surface area contributed by atoms with Gasteiger partial charge in [-0.1, -0.05) is 35.5 Å². The molecule has 0 aliphatic carbocycles. The van der Waals surface area contributed by atoms with E-state index in [1.165, 1.54) is 0 Å². The van der Waals surface area contributed by atoms with E-state index in [-0.39, 0.29) is 30.2 Å². The van der Waals surface area contributed by atoms with Gasteiger partial charge in [0.05, 0.1) is 17.7 Å². The van der Waals surface area contributed by atoms with Gasteiger partial charge < -0.3 is 9.42 Å².